The van der Waals surface area contributed by atoms with Gasteiger partial charge in [-0.2, -0.15) is 0 Å². The number of rotatable bonds is 7. The summed E-state index contributed by atoms with van der Waals surface area (Å²) in [6.07, 6.45) is 4.40. The van der Waals surface area contributed by atoms with Crippen LogP contribution >= 0.6 is 0 Å². The van der Waals surface area contributed by atoms with Gasteiger partial charge in [-0.1, -0.05) is 49.2 Å². The molecule has 0 heterocycles. The largest absolute Gasteiger partial charge is 0.352 e. The van der Waals surface area contributed by atoms with Crippen LogP contribution in [0, 0.1) is 12.7 Å². The standard InChI is InChI=1S/C24H29FN2O2/c1-17-7-3-4-8-20(17)16-27(18(2)24(29)26-22-9-5-6-10-22)23(28)15-19-11-13-21(25)14-12-19/h3-4,7-8,11-14,18,22H,5-6,9-10,15-16H2,1-2H3,(H,26,29). The zero-order valence-corrected chi connectivity index (χ0v) is 17.2. The Morgan fingerprint density at radius 3 is 2.41 bits per heavy atom. The summed E-state index contributed by atoms with van der Waals surface area (Å²) < 4.78 is 13.2. The molecular weight excluding hydrogens is 367 g/mol. The van der Waals surface area contributed by atoms with Crippen molar-refractivity contribution in [1.29, 1.82) is 0 Å². The van der Waals surface area contributed by atoms with Crippen molar-refractivity contribution in [2.45, 2.75) is 64.6 Å². The SMILES string of the molecule is Cc1ccccc1CN(C(=O)Cc1ccc(F)cc1)C(C)C(=O)NC1CCCC1. The number of amides is 2. The van der Waals surface area contributed by atoms with E-state index in [9.17, 15) is 14.0 Å². The van der Waals surface area contributed by atoms with E-state index < -0.39 is 6.04 Å². The highest BCUT2D eigenvalue weighted by Gasteiger charge is 2.28. The Kier molecular flexibility index (Phi) is 7.02. The quantitative estimate of drug-likeness (QED) is 0.764. The van der Waals surface area contributed by atoms with Crippen molar-refractivity contribution in [3.63, 3.8) is 0 Å². The Labute approximate surface area is 172 Å². The minimum Gasteiger partial charge on any atom is -0.352 e. The molecule has 2 amide bonds. The molecule has 0 aliphatic heterocycles. The van der Waals surface area contributed by atoms with E-state index in [2.05, 4.69) is 5.32 Å². The summed E-state index contributed by atoms with van der Waals surface area (Å²) in [5, 5.41) is 3.10. The number of halogens is 1. The van der Waals surface area contributed by atoms with E-state index in [4.69, 9.17) is 0 Å². The lowest BCUT2D eigenvalue weighted by Gasteiger charge is -2.30. The first kappa shape index (κ1) is 21.0. The van der Waals surface area contributed by atoms with Crippen molar-refractivity contribution in [3.05, 3.63) is 71.0 Å². The highest BCUT2D eigenvalue weighted by molar-refractivity contribution is 5.88. The second kappa shape index (κ2) is 9.68. The number of benzene rings is 2. The Hall–Kier alpha value is -2.69. The highest BCUT2D eigenvalue weighted by atomic mass is 19.1. The van der Waals surface area contributed by atoms with Crippen molar-refractivity contribution in [2.24, 2.45) is 0 Å². The second-order valence-corrected chi connectivity index (χ2v) is 7.92. The third kappa shape index (κ3) is 5.66. The van der Waals surface area contributed by atoms with Gasteiger partial charge in [-0.25, -0.2) is 4.39 Å². The predicted octanol–water partition coefficient (Wildman–Crippen LogP) is 4.15. The van der Waals surface area contributed by atoms with E-state index in [-0.39, 0.29) is 30.1 Å². The molecule has 1 N–H and O–H groups in total. The lowest BCUT2D eigenvalue weighted by molar-refractivity contribution is -0.140. The number of nitrogens with one attached hydrogen (secondary N) is 1. The van der Waals surface area contributed by atoms with Gasteiger partial charge in [0.25, 0.3) is 0 Å². The molecule has 0 spiro atoms. The van der Waals surface area contributed by atoms with E-state index in [0.29, 0.717) is 6.54 Å². The van der Waals surface area contributed by atoms with Crippen LogP contribution in [0.3, 0.4) is 0 Å². The van der Waals surface area contributed by atoms with E-state index in [1.807, 2.05) is 31.2 Å². The molecule has 1 atom stereocenters. The van der Waals surface area contributed by atoms with Crippen LogP contribution in [-0.2, 0) is 22.6 Å². The first-order chi connectivity index (χ1) is 13.9. The molecule has 1 saturated carbocycles. The van der Waals surface area contributed by atoms with Gasteiger partial charge in [0.15, 0.2) is 0 Å². The Morgan fingerprint density at radius 1 is 1.10 bits per heavy atom. The number of hydrogen-bond donors (Lipinski definition) is 1. The summed E-state index contributed by atoms with van der Waals surface area (Å²) in [5.41, 5.74) is 2.82. The van der Waals surface area contributed by atoms with Crippen LogP contribution in [0.4, 0.5) is 4.39 Å². The van der Waals surface area contributed by atoms with Crippen molar-refractivity contribution in [2.75, 3.05) is 0 Å². The molecule has 29 heavy (non-hydrogen) atoms. The van der Waals surface area contributed by atoms with Gasteiger partial charge in [-0.15, -0.1) is 0 Å². The molecule has 0 radical (unpaired) electrons. The first-order valence-electron chi connectivity index (χ1n) is 10.3. The summed E-state index contributed by atoms with van der Waals surface area (Å²) in [4.78, 5) is 27.6. The molecule has 1 aliphatic rings. The zero-order valence-electron chi connectivity index (χ0n) is 17.2. The lowest BCUT2D eigenvalue weighted by Crippen LogP contribution is -2.50. The van der Waals surface area contributed by atoms with E-state index in [0.717, 1.165) is 42.4 Å². The van der Waals surface area contributed by atoms with Gasteiger partial charge in [-0.3, -0.25) is 9.59 Å². The molecule has 0 bridgehead atoms. The number of hydrogen-bond acceptors (Lipinski definition) is 2. The highest BCUT2D eigenvalue weighted by Crippen LogP contribution is 2.19. The maximum atomic E-state index is 13.2. The van der Waals surface area contributed by atoms with Gasteiger partial charge in [0.1, 0.15) is 11.9 Å². The molecule has 3 rings (SSSR count). The topological polar surface area (TPSA) is 49.4 Å². The molecule has 2 aromatic rings. The van der Waals surface area contributed by atoms with Gasteiger partial charge >= 0.3 is 0 Å². The molecule has 2 aromatic carbocycles. The van der Waals surface area contributed by atoms with Crippen molar-refractivity contribution >= 4 is 11.8 Å². The number of aryl methyl sites for hydroxylation is 1. The molecule has 0 aromatic heterocycles. The number of carbonyl (C=O) groups is 2. The molecule has 0 saturated heterocycles. The van der Waals surface area contributed by atoms with Crippen molar-refractivity contribution in [1.82, 2.24) is 10.2 Å². The van der Waals surface area contributed by atoms with Gasteiger partial charge < -0.3 is 10.2 Å². The van der Waals surface area contributed by atoms with Crippen LogP contribution in [0.5, 0.6) is 0 Å². The monoisotopic (exact) mass is 396 g/mol. The summed E-state index contributed by atoms with van der Waals surface area (Å²) in [6, 6.07) is 13.4. The van der Waals surface area contributed by atoms with Crippen LogP contribution in [0.15, 0.2) is 48.5 Å². The lowest BCUT2D eigenvalue weighted by atomic mass is 10.1. The van der Waals surface area contributed by atoms with Gasteiger partial charge in [0, 0.05) is 12.6 Å². The Balaban J connectivity index is 1.77. The Bertz CT molecular complexity index is 844. The average Bonchev–Trinajstić information content (AvgIpc) is 3.21. The zero-order chi connectivity index (χ0) is 20.8. The van der Waals surface area contributed by atoms with Crippen molar-refractivity contribution < 1.29 is 14.0 Å². The minimum atomic E-state index is -0.580. The van der Waals surface area contributed by atoms with E-state index >= 15 is 0 Å². The van der Waals surface area contributed by atoms with Gasteiger partial charge in [0.2, 0.25) is 11.8 Å². The van der Waals surface area contributed by atoms with E-state index in [1.165, 1.54) is 12.1 Å². The smallest absolute Gasteiger partial charge is 0.242 e. The van der Waals surface area contributed by atoms with Gasteiger partial charge in [-0.05, 0) is 55.5 Å². The third-order valence-corrected chi connectivity index (χ3v) is 5.74. The van der Waals surface area contributed by atoms with Crippen molar-refractivity contribution in [3.8, 4) is 0 Å². The molecule has 1 aliphatic carbocycles. The minimum absolute atomic E-state index is 0.113. The van der Waals surface area contributed by atoms with Crippen LogP contribution in [-0.4, -0.2) is 28.8 Å². The summed E-state index contributed by atoms with van der Waals surface area (Å²) in [5.74, 6) is -0.589. The molecule has 154 valence electrons. The fourth-order valence-corrected chi connectivity index (χ4v) is 3.82. The van der Waals surface area contributed by atoms with Crippen LogP contribution < -0.4 is 5.32 Å². The fraction of sp³-hybridized carbons (Fsp3) is 0.417. The van der Waals surface area contributed by atoms with Crippen LogP contribution in [0.2, 0.25) is 0 Å². The normalized spacial score (nSPS) is 15.1. The molecule has 1 fully saturated rings. The molecule has 5 heteroatoms. The summed E-state index contributed by atoms with van der Waals surface area (Å²) >= 11 is 0. The van der Waals surface area contributed by atoms with Crippen LogP contribution in [0.25, 0.3) is 0 Å². The average molecular weight is 397 g/mol. The number of nitrogens with zero attached hydrogens (tertiary/aromatic N) is 1. The summed E-state index contributed by atoms with van der Waals surface area (Å²) in [7, 11) is 0. The second-order valence-electron chi connectivity index (χ2n) is 7.92. The van der Waals surface area contributed by atoms with E-state index in [1.54, 1.807) is 24.0 Å². The molecular formula is C24H29FN2O2. The van der Waals surface area contributed by atoms with Crippen LogP contribution in [0.1, 0.15) is 49.3 Å². The Morgan fingerprint density at radius 2 is 1.76 bits per heavy atom. The van der Waals surface area contributed by atoms with Gasteiger partial charge in [0.05, 0.1) is 6.42 Å². The predicted molar refractivity (Wildman–Crippen MR) is 112 cm³/mol. The third-order valence-electron chi connectivity index (χ3n) is 5.74. The fourth-order valence-electron chi connectivity index (χ4n) is 3.82. The summed E-state index contributed by atoms with van der Waals surface area (Å²) in [6.45, 7) is 4.15. The maximum Gasteiger partial charge on any atom is 0.242 e. The number of carbonyl (C=O) groups excluding carboxylic acids is 2. The first-order valence-corrected chi connectivity index (χ1v) is 10.3. The molecule has 4 nitrogen and oxygen atoms in total. The molecule has 1 unspecified atom stereocenters. The maximum absolute atomic E-state index is 13.2.